The Labute approximate surface area is 140 Å². The van der Waals surface area contributed by atoms with Gasteiger partial charge >= 0.3 is 5.97 Å². The number of carboxylic acid groups (broad SMARTS) is 1. The number of aliphatic carboxylic acids is 1. The Hall–Kier alpha value is -1.93. The maximum Gasteiger partial charge on any atom is 0.332 e. The molecule has 1 fully saturated rings. The van der Waals surface area contributed by atoms with Crippen LogP contribution in [0.2, 0.25) is 0 Å². The molecule has 7 nitrogen and oxygen atoms in total. The number of carbonyl (C=O) groups is 2. The fourth-order valence-electron chi connectivity index (χ4n) is 2.37. The van der Waals surface area contributed by atoms with Gasteiger partial charge in [0, 0.05) is 5.69 Å². The van der Waals surface area contributed by atoms with Gasteiger partial charge in [-0.05, 0) is 44.4 Å². The van der Waals surface area contributed by atoms with Gasteiger partial charge in [0.1, 0.15) is 6.10 Å². The van der Waals surface area contributed by atoms with Gasteiger partial charge in [0.25, 0.3) is 5.91 Å². The Morgan fingerprint density at radius 2 is 1.96 bits per heavy atom. The zero-order valence-electron chi connectivity index (χ0n) is 13.6. The molecule has 2 rings (SSSR count). The molecule has 1 amide bonds. The summed E-state index contributed by atoms with van der Waals surface area (Å²) >= 11 is 0. The van der Waals surface area contributed by atoms with Crippen LogP contribution in [0, 0.1) is 0 Å². The highest BCUT2D eigenvalue weighted by Crippen LogP contribution is 2.22. The molecule has 1 aliphatic rings. The summed E-state index contributed by atoms with van der Waals surface area (Å²) in [7, 11) is -3.23. The van der Waals surface area contributed by atoms with Crippen LogP contribution in [0.4, 0.5) is 5.69 Å². The highest BCUT2D eigenvalue weighted by molar-refractivity contribution is 7.91. The summed E-state index contributed by atoms with van der Waals surface area (Å²) in [6, 6.07) is 6.59. The Bertz CT molecular complexity index is 728. The summed E-state index contributed by atoms with van der Waals surface area (Å²) in [6.07, 6.45) is -1.14. The predicted octanol–water partition coefficient (Wildman–Crippen LogP) is 1.58. The third-order valence-corrected chi connectivity index (χ3v) is 6.04. The summed E-state index contributed by atoms with van der Waals surface area (Å²) in [5.41, 5.74) is 1.04. The quantitative estimate of drug-likeness (QED) is 0.802. The molecule has 132 valence electrons. The number of amides is 1. The lowest BCUT2D eigenvalue weighted by Crippen LogP contribution is -2.30. The Morgan fingerprint density at radius 1 is 1.29 bits per heavy atom. The van der Waals surface area contributed by atoms with Crippen LogP contribution in [0.3, 0.4) is 0 Å². The van der Waals surface area contributed by atoms with Crippen molar-refractivity contribution in [2.75, 3.05) is 5.32 Å². The molecule has 24 heavy (non-hydrogen) atoms. The van der Waals surface area contributed by atoms with Gasteiger partial charge in [-0.3, -0.25) is 4.79 Å². The topological polar surface area (TPSA) is 110 Å². The molecule has 2 N–H and O–H groups in total. The van der Waals surface area contributed by atoms with Gasteiger partial charge in [-0.15, -0.1) is 0 Å². The molecule has 1 aliphatic heterocycles. The standard InChI is InChI=1S/C16H21NO6S/c1-10(2)24(21,22)9-11-4-3-5-12(8-11)17-15(18)13-6-7-14(23-13)16(19)20/h3-5,8,10,13-14H,6-7,9H2,1-2H3,(H,17,18)(H,19,20)/t13-,14+/m0/s1. The summed E-state index contributed by atoms with van der Waals surface area (Å²) in [6.45, 7) is 3.24. The van der Waals surface area contributed by atoms with E-state index in [1.807, 2.05) is 0 Å². The van der Waals surface area contributed by atoms with Crippen molar-refractivity contribution >= 4 is 27.4 Å². The average Bonchev–Trinajstić information content (AvgIpc) is 2.97. The van der Waals surface area contributed by atoms with Crippen LogP contribution >= 0.6 is 0 Å². The van der Waals surface area contributed by atoms with E-state index in [0.717, 1.165) is 0 Å². The molecule has 8 heteroatoms. The van der Waals surface area contributed by atoms with Gasteiger partial charge in [-0.2, -0.15) is 0 Å². The number of hydrogen-bond acceptors (Lipinski definition) is 5. The molecule has 1 aromatic carbocycles. The first-order valence-electron chi connectivity index (χ1n) is 7.68. The van der Waals surface area contributed by atoms with Crippen molar-refractivity contribution in [2.24, 2.45) is 0 Å². The van der Waals surface area contributed by atoms with Crippen molar-refractivity contribution in [3.8, 4) is 0 Å². The van der Waals surface area contributed by atoms with Crippen LogP contribution in [0.15, 0.2) is 24.3 Å². The van der Waals surface area contributed by atoms with E-state index in [1.165, 1.54) is 0 Å². The summed E-state index contributed by atoms with van der Waals surface area (Å²) in [5.74, 6) is -1.61. The largest absolute Gasteiger partial charge is 0.479 e. The number of anilines is 1. The van der Waals surface area contributed by atoms with Crippen LogP contribution in [0.1, 0.15) is 32.3 Å². The molecule has 0 unspecified atom stereocenters. The molecular weight excluding hydrogens is 334 g/mol. The molecule has 0 saturated carbocycles. The van der Waals surface area contributed by atoms with E-state index in [1.54, 1.807) is 38.1 Å². The number of benzene rings is 1. The first-order valence-corrected chi connectivity index (χ1v) is 9.40. The van der Waals surface area contributed by atoms with Crippen molar-refractivity contribution < 1.29 is 27.9 Å². The zero-order valence-corrected chi connectivity index (χ0v) is 14.4. The second-order valence-electron chi connectivity index (χ2n) is 6.07. The highest BCUT2D eigenvalue weighted by atomic mass is 32.2. The van der Waals surface area contributed by atoms with Crippen LogP contribution in [-0.2, 0) is 29.9 Å². The summed E-state index contributed by atoms with van der Waals surface area (Å²) < 4.78 is 29.2. The van der Waals surface area contributed by atoms with E-state index >= 15 is 0 Å². The van der Waals surface area contributed by atoms with E-state index in [-0.39, 0.29) is 5.75 Å². The van der Waals surface area contributed by atoms with Gasteiger partial charge < -0.3 is 15.2 Å². The highest BCUT2D eigenvalue weighted by Gasteiger charge is 2.34. The van der Waals surface area contributed by atoms with Gasteiger partial charge in [-0.1, -0.05) is 12.1 Å². The monoisotopic (exact) mass is 355 g/mol. The van der Waals surface area contributed by atoms with Gasteiger partial charge in [0.05, 0.1) is 11.0 Å². The van der Waals surface area contributed by atoms with E-state index in [9.17, 15) is 18.0 Å². The third kappa shape index (κ3) is 4.55. The zero-order chi connectivity index (χ0) is 17.9. The SMILES string of the molecule is CC(C)S(=O)(=O)Cc1cccc(NC(=O)[C@@H]2CC[C@H](C(=O)O)O2)c1. The Balaban J connectivity index is 2.02. The second kappa shape index (κ2) is 7.31. The minimum atomic E-state index is -3.23. The van der Waals surface area contributed by atoms with E-state index in [2.05, 4.69) is 5.32 Å². The van der Waals surface area contributed by atoms with Crippen LogP contribution in [0.5, 0.6) is 0 Å². The minimum Gasteiger partial charge on any atom is -0.479 e. The summed E-state index contributed by atoms with van der Waals surface area (Å²) in [4.78, 5) is 23.0. The number of hydrogen-bond donors (Lipinski definition) is 2. The molecule has 0 aromatic heterocycles. The number of carbonyl (C=O) groups excluding carboxylic acids is 1. The van der Waals surface area contributed by atoms with Crippen molar-refractivity contribution in [2.45, 2.75) is 49.9 Å². The lowest BCUT2D eigenvalue weighted by molar-refractivity contribution is -0.150. The van der Waals surface area contributed by atoms with Gasteiger partial charge in [-0.25, -0.2) is 13.2 Å². The third-order valence-electron chi connectivity index (χ3n) is 3.87. The lowest BCUT2D eigenvalue weighted by Gasteiger charge is -2.13. The fourth-order valence-corrected chi connectivity index (χ4v) is 3.35. The van der Waals surface area contributed by atoms with E-state index in [0.29, 0.717) is 24.1 Å². The molecular formula is C16H21NO6S. The molecule has 1 heterocycles. The molecule has 0 spiro atoms. The summed E-state index contributed by atoms with van der Waals surface area (Å²) in [5, 5.41) is 11.0. The number of carboxylic acids is 1. The van der Waals surface area contributed by atoms with Crippen LogP contribution in [-0.4, -0.2) is 42.9 Å². The fraction of sp³-hybridized carbons (Fsp3) is 0.500. The van der Waals surface area contributed by atoms with Gasteiger partial charge in [0.15, 0.2) is 15.9 Å². The lowest BCUT2D eigenvalue weighted by atomic mass is 10.1. The molecule has 2 atom stereocenters. The van der Waals surface area contributed by atoms with Crippen molar-refractivity contribution in [3.63, 3.8) is 0 Å². The number of rotatable bonds is 6. The van der Waals surface area contributed by atoms with E-state index < -0.39 is 39.2 Å². The van der Waals surface area contributed by atoms with Crippen molar-refractivity contribution in [1.29, 1.82) is 0 Å². The molecule has 0 radical (unpaired) electrons. The first-order chi connectivity index (χ1) is 11.2. The molecule has 0 aliphatic carbocycles. The van der Waals surface area contributed by atoms with Crippen LogP contribution in [0.25, 0.3) is 0 Å². The maximum absolute atomic E-state index is 12.1. The molecule has 1 saturated heterocycles. The van der Waals surface area contributed by atoms with Crippen molar-refractivity contribution in [1.82, 2.24) is 0 Å². The number of sulfone groups is 1. The van der Waals surface area contributed by atoms with Crippen molar-refractivity contribution in [3.05, 3.63) is 29.8 Å². The second-order valence-corrected chi connectivity index (χ2v) is 8.63. The Kier molecular flexibility index (Phi) is 5.61. The minimum absolute atomic E-state index is 0.102. The normalized spacial score (nSPS) is 21.0. The smallest absolute Gasteiger partial charge is 0.332 e. The van der Waals surface area contributed by atoms with Gasteiger partial charge in [0.2, 0.25) is 0 Å². The molecule has 1 aromatic rings. The van der Waals surface area contributed by atoms with E-state index in [4.69, 9.17) is 9.84 Å². The predicted molar refractivity (Wildman–Crippen MR) is 88.4 cm³/mol. The number of nitrogens with one attached hydrogen (secondary N) is 1. The van der Waals surface area contributed by atoms with Crippen LogP contribution < -0.4 is 5.32 Å². The molecule has 0 bridgehead atoms. The number of ether oxygens (including phenoxy) is 1. The first kappa shape index (κ1) is 18.4. The average molecular weight is 355 g/mol. The Morgan fingerprint density at radius 3 is 2.54 bits per heavy atom. The maximum atomic E-state index is 12.1.